The molecule has 4 nitrogen and oxygen atoms in total. The summed E-state index contributed by atoms with van der Waals surface area (Å²) in [6.45, 7) is 5.36. The van der Waals surface area contributed by atoms with E-state index >= 15 is 0 Å². The second kappa shape index (κ2) is 6.41. The molecule has 1 saturated heterocycles. The molecule has 0 amide bonds. The van der Waals surface area contributed by atoms with E-state index in [9.17, 15) is 0 Å². The largest absolute Gasteiger partial charge is 0.312 e. The van der Waals surface area contributed by atoms with Crippen molar-refractivity contribution in [2.24, 2.45) is 0 Å². The fourth-order valence-corrected chi connectivity index (χ4v) is 4.20. The van der Waals surface area contributed by atoms with Gasteiger partial charge in [-0.25, -0.2) is 9.97 Å². The van der Waals surface area contributed by atoms with Crippen molar-refractivity contribution in [1.82, 2.24) is 20.2 Å². The molecular weight excluding hydrogens is 268 g/mol. The van der Waals surface area contributed by atoms with Crippen LogP contribution in [0.3, 0.4) is 0 Å². The van der Waals surface area contributed by atoms with E-state index < -0.39 is 0 Å². The number of aromatic nitrogens is 2. The summed E-state index contributed by atoms with van der Waals surface area (Å²) < 4.78 is 0. The van der Waals surface area contributed by atoms with Crippen molar-refractivity contribution in [3.05, 3.63) is 22.8 Å². The lowest BCUT2D eigenvalue weighted by Crippen LogP contribution is -2.35. The SMILES string of the molecule is CCCc1nc(C2CSCCN2C)nc2c1CNCC2. The average Bonchev–Trinajstić information content (AvgIpc) is 2.48. The van der Waals surface area contributed by atoms with Gasteiger partial charge in [-0.15, -0.1) is 0 Å². The van der Waals surface area contributed by atoms with Gasteiger partial charge in [0.15, 0.2) is 0 Å². The molecule has 0 spiro atoms. The van der Waals surface area contributed by atoms with Crippen molar-refractivity contribution in [2.45, 2.75) is 38.8 Å². The molecule has 1 atom stereocenters. The molecule has 1 unspecified atom stereocenters. The summed E-state index contributed by atoms with van der Waals surface area (Å²) in [7, 11) is 2.20. The van der Waals surface area contributed by atoms with Crippen LogP contribution in [0, 0.1) is 0 Å². The number of nitrogens with one attached hydrogen (secondary N) is 1. The number of hydrogen-bond donors (Lipinski definition) is 1. The molecule has 1 fully saturated rings. The van der Waals surface area contributed by atoms with Crippen LogP contribution in [0.25, 0.3) is 0 Å². The van der Waals surface area contributed by atoms with E-state index in [4.69, 9.17) is 9.97 Å². The third-order valence-corrected chi connectivity index (χ3v) is 5.24. The zero-order chi connectivity index (χ0) is 13.9. The first-order valence-electron chi connectivity index (χ1n) is 7.67. The molecule has 0 aromatic carbocycles. The molecular formula is C15H24N4S. The quantitative estimate of drug-likeness (QED) is 0.920. The molecule has 2 aliphatic heterocycles. The summed E-state index contributed by atoms with van der Waals surface area (Å²) in [5.41, 5.74) is 3.94. The summed E-state index contributed by atoms with van der Waals surface area (Å²) in [5.74, 6) is 3.41. The Labute approximate surface area is 125 Å². The molecule has 0 bridgehead atoms. The molecule has 2 aliphatic rings. The van der Waals surface area contributed by atoms with Crippen molar-refractivity contribution in [3.8, 4) is 0 Å². The van der Waals surface area contributed by atoms with Crippen molar-refractivity contribution >= 4 is 11.8 Å². The fourth-order valence-electron chi connectivity index (χ4n) is 2.98. The van der Waals surface area contributed by atoms with Gasteiger partial charge in [0.25, 0.3) is 0 Å². The van der Waals surface area contributed by atoms with E-state index in [1.54, 1.807) is 0 Å². The summed E-state index contributed by atoms with van der Waals surface area (Å²) >= 11 is 2.02. The molecule has 0 saturated carbocycles. The number of thioether (sulfide) groups is 1. The van der Waals surface area contributed by atoms with Crippen LogP contribution in [-0.4, -0.2) is 46.5 Å². The maximum absolute atomic E-state index is 4.94. The van der Waals surface area contributed by atoms with E-state index in [1.165, 1.54) is 22.7 Å². The van der Waals surface area contributed by atoms with Crippen LogP contribution in [-0.2, 0) is 19.4 Å². The van der Waals surface area contributed by atoms with Crippen molar-refractivity contribution < 1.29 is 0 Å². The van der Waals surface area contributed by atoms with Crippen LogP contribution in [0.5, 0.6) is 0 Å². The Morgan fingerprint density at radius 2 is 2.30 bits per heavy atom. The first-order valence-corrected chi connectivity index (χ1v) is 8.82. The predicted molar refractivity (Wildman–Crippen MR) is 84.1 cm³/mol. The van der Waals surface area contributed by atoms with Crippen LogP contribution in [0.15, 0.2) is 0 Å². The lowest BCUT2D eigenvalue weighted by molar-refractivity contribution is 0.263. The number of aryl methyl sites for hydroxylation is 1. The van der Waals surface area contributed by atoms with Crippen LogP contribution in [0.1, 0.15) is 42.2 Å². The predicted octanol–water partition coefficient (Wildman–Crippen LogP) is 1.79. The molecule has 3 rings (SSSR count). The highest BCUT2D eigenvalue weighted by Gasteiger charge is 2.26. The standard InChI is InChI=1S/C15H24N4S/c1-3-4-12-11-9-16-6-5-13(11)18-15(17-12)14-10-20-8-7-19(14)2/h14,16H,3-10H2,1-2H3. The zero-order valence-electron chi connectivity index (χ0n) is 12.5. The minimum atomic E-state index is 0.393. The van der Waals surface area contributed by atoms with E-state index in [-0.39, 0.29) is 0 Å². The minimum absolute atomic E-state index is 0.393. The molecule has 110 valence electrons. The van der Waals surface area contributed by atoms with Crippen LogP contribution >= 0.6 is 11.8 Å². The maximum atomic E-state index is 4.94. The Kier molecular flexibility index (Phi) is 4.58. The second-order valence-corrected chi connectivity index (χ2v) is 6.85. The summed E-state index contributed by atoms with van der Waals surface area (Å²) in [6, 6.07) is 0.393. The highest BCUT2D eigenvalue weighted by Crippen LogP contribution is 2.28. The molecule has 5 heteroatoms. The van der Waals surface area contributed by atoms with E-state index in [0.29, 0.717) is 6.04 Å². The van der Waals surface area contributed by atoms with Crippen LogP contribution in [0.2, 0.25) is 0 Å². The number of fused-ring (bicyclic) bond motifs is 1. The van der Waals surface area contributed by atoms with Gasteiger partial charge in [-0.3, -0.25) is 4.90 Å². The Hall–Kier alpha value is -0.650. The van der Waals surface area contributed by atoms with Crippen LogP contribution in [0.4, 0.5) is 0 Å². The topological polar surface area (TPSA) is 41.1 Å². The molecule has 1 aromatic heterocycles. The number of hydrogen-bond acceptors (Lipinski definition) is 5. The summed E-state index contributed by atoms with van der Waals surface area (Å²) in [4.78, 5) is 12.3. The third-order valence-electron chi connectivity index (χ3n) is 4.22. The zero-order valence-corrected chi connectivity index (χ0v) is 13.3. The van der Waals surface area contributed by atoms with Gasteiger partial charge in [0.2, 0.25) is 0 Å². The van der Waals surface area contributed by atoms with Crippen molar-refractivity contribution in [2.75, 3.05) is 31.6 Å². The van der Waals surface area contributed by atoms with E-state index in [2.05, 4.69) is 24.2 Å². The smallest absolute Gasteiger partial charge is 0.146 e. The van der Waals surface area contributed by atoms with Gasteiger partial charge >= 0.3 is 0 Å². The molecule has 1 aromatic rings. The Balaban J connectivity index is 1.96. The highest BCUT2D eigenvalue weighted by atomic mass is 32.2. The number of rotatable bonds is 3. The Bertz CT molecular complexity index is 477. The maximum Gasteiger partial charge on any atom is 0.146 e. The van der Waals surface area contributed by atoms with E-state index in [0.717, 1.165) is 50.5 Å². The monoisotopic (exact) mass is 292 g/mol. The third kappa shape index (κ3) is 2.85. The first-order chi connectivity index (χ1) is 9.79. The first kappa shape index (κ1) is 14.3. The fraction of sp³-hybridized carbons (Fsp3) is 0.733. The highest BCUT2D eigenvalue weighted by molar-refractivity contribution is 7.99. The summed E-state index contributed by atoms with van der Waals surface area (Å²) in [6.07, 6.45) is 3.27. The van der Waals surface area contributed by atoms with Crippen molar-refractivity contribution in [3.63, 3.8) is 0 Å². The van der Waals surface area contributed by atoms with Crippen LogP contribution < -0.4 is 5.32 Å². The molecule has 1 N–H and O–H groups in total. The normalized spacial score (nSPS) is 23.6. The van der Waals surface area contributed by atoms with Gasteiger partial charge < -0.3 is 5.32 Å². The number of nitrogens with zero attached hydrogens (tertiary/aromatic N) is 3. The van der Waals surface area contributed by atoms with Gasteiger partial charge in [-0.1, -0.05) is 13.3 Å². The van der Waals surface area contributed by atoms with Crippen molar-refractivity contribution in [1.29, 1.82) is 0 Å². The summed E-state index contributed by atoms with van der Waals surface area (Å²) in [5, 5.41) is 3.45. The van der Waals surface area contributed by atoms with Gasteiger partial charge in [0.05, 0.1) is 11.7 Å². The van der Waals surface area contributed by atoms with Gasteiger partial charge in [0, 0.05) is 48.8 Å². The molecule has 3 heterocycles. The molecule has 0 radical (unpaired) electrons. The van der Waals surface area contributed by atoms with E-state index in [1.807, 2.05) is 11.8 Å². The lowest BCUT2D eigenvalue weighted by atomic mass is 10.0. The average molecular weight is 292 g/mol. The second-order valence-electron chi connectivity index (χ2n) is 5.70. The molecule has 20 heavy (non-hydrogen) atoms. The van der Waals surface area contributed by atoms with Gasteiger partial charge in [-0.05, 0) is 13.5 Å². The Morgan fingerprint density at radius 3 is 3.10 bits per heavy atom. The minimum Gasteiger partial charge on any atom is -0.312 e. The Morgan fingerprint density at radius 1 is 1.40 bits per heavy atom. The lowest BCUT2D eigenvalue weighted by Gasteiger charge is -2.32. The van der Waals surface area contributed by atoms with Gasteiger partial charge in [-0.2, -0.15) is 11.8 Å². The molecule has 0 aliphatic carbocycles. The van der Waals surface area contributed by atoms with Gasteiger partial charge in [0.1, 0.15) is 5.82 Å².